The number of rotatable bonds is 8. The summed E-state index contributed by atoms with van der Waals surface area (Å²) in [5.74, 6) is -1.16. The van der Waals surface area contributed by atoms with Crippen molar-refractivity contribution >= 4 is 51.5 Å². The molecule has 4 aromatic rings. The van der Waals surface area contributed by atoms with Gasteiger partial charge in [-0.25, -0.2) is 0 Å². The SMILES string of the molecule is COc1cc(C2C(C(=O)c3ccc(C)o3)=C(O)C(=O)N2c2nnc(SCc3ccccc3Cl)s2)ccc1O. The topological polar surface area (TPSA) is 126 Å². The van der Waals surface area contributed by atoms with Gasteiger partial charge in [-0.05, 0) is 48.4 Å². The lowest BCUT2D eigenvalue weighted by molar-refractivity contribution is -0.117. The molecule has 1 amide bonds. The maximum atomic E-state index is 13.5. The number of nitrogens with zero attached hydrogens (tertiary/aromatic N) is 3. The molecular weight excluding hydrogens is 550 g/mol. The van der Waals surface area contributed by atoms with E-state index in [0.717, 1.165) is 16.9 Å². The van der Waals surface area contributed by atoms with Gasteiger partial charge < -0.3 is 19.4 Å². The number of furan rings is 1. The first-order valence-electron chi connectivity index (χ1n) is 11.2. The van der Waals surface area contributed by atoms with Crippen molar-refractivity contribution in [2.75, 3.05) is 12.0 Å². The summed E-state index contributed by atoms with van der Waals surface area (Å²) in [5.41, 5.74) is 1.14. The lowest BCUT2D eigenvalue weighted by atomic mass is 9.95. The first kappa shape index (κ1) is 25.8. The molecule has 2 N–H and O–H groups in total. The largest absolute Gasteiger partial charge is 0.504 e. The van der Waals surface area contributed by atoms with Gasteiger partial charge in [0.2, 0.25) is 10.9 Å². The van der Waals surface area contributed by atoms with Crippen molar-refractivity contribution < 1.29 is 29.0 Å². The number of methoxy groups -OCH3 is 1. The molecule has 1 aliphatic heterocycles. The molecule has 2 aromatic carbocycles. The molecule has 12 heteroatoms. The number of thioether (sulfide) groups is 1. The number of phenols is 1. The van der Waals surface area contributed by atoms with E-state index in [4.69, 9.17) is 20.8 Å². The summed E-state index contributed by atoms with van der Waals surface area (Å²) in [7, 11) is 1.38. The number of carbonyl (C=O) groups excluding carboxylic acids is 2. The number of hydrogen-bond donors (Lipinski definition) is 2. The fraction of sp³-hybridized carbons (Fsp3) is 0.154. The number of aliphatic hydroxyl groups excluding tert-OH is 1. The fourth-order valence-electron chi connectivity index (χ4n) is 4.02. The Morgan fingerprint density at radius 2 is 1.97 bits per heavy atom. The average molecular weight is 570 g/mol. The number of amides is 1. The van der Waals surface area contributed by atoms with Crippen LogP contribution in [-0.4, -0.2) is 39.2 Å². The Balaban J connectivity index is 1.53. The standard InChI is InChI=1S/C26H20ClN3O6S2/c1-13-7-10-18(36-13)22(32)20-21(14-8-9-17(31)19(11-14)35-2)30(24(34)23(20)33)25-28-29-26(38-25)37-12-15-5-3-4-6-16(15)27/h3-11,21,31,33H,12H2,1-2H3. The zero-order chi connectivity index (χ0) is 27.0. The van der Waals surface area contributed by atoms with Crippen LogP contribution < -0.4 is 9.64 Å². The van der Waals surface area contributed by atoms with Gasteiger partial charge in [-0.1, -0.05) is 59.0 Å². The number of carbonyl (C=O) groups is 2. The lowest BCUT2D eigenvalue weighted by Gasteiger charge is -2.24. The molecule has 38 heavy (non-hydrogen) atoms. The number of anilines is 1. The maximum Gasteiger partial charge on any atom is 0.296 e. The summed E-state index contributed by atoms with van der Waals surface area (Å²) in [6, 6.07) is 13.9. The molecule has 2 aromatic heterocycles. The van der Waals surface area contributed by atoms with Gasteiger partial charge in [-0.3, -0.25) is 14.5 Å². The van der Waals surface area contributed by atoms with Gasteiger partial charge in [0, 0.05) is 10.8 Å². The number of ether oxygens (including phenoxy) is 1. The molecule has 5 rings (SSSR count). The number of aryl methyl sites for hydroxylation is 1. The van der Waals surface area contributed by atoms with Crippen LogP contribution in [-0.2, 0) is 10.5 Å². The number of aromatic hydroxyl groups is 1. The predicted molar refractivity (Wildman–Crippen MR) is 143 cm³/mol. The highest BCUT2D eigenvalue weighted by molar-refractivity contribution is 8.00. The third-order valence-electron chi connectivity index (χ3n) is 5.85. The van der Waals surface area contributed by atoms with Crippen LogP contribution >= 0.6 is 34.7 Å². The summed E-state index contributed by atoms with van der Waals surface area (Å²) in [4.78, 5) is 28.0. The van der Waals surface area contributed by atoms with E-state index in [1.807, 2.05) is 18.2 Å². The zero-order valence-electron chi connectivity index (χ0n) is 20.0. The van der Waals surface area contributed by atoms with Gasteiger partial charge in [0.05, 0.1) is 18.7 Å². The summed E-state index contributed by atoms with van der Waals surface area (Å²) in [6.45, 7) is 1.68. The molecule has 0 fully saturated rings. The van der Waals surface area contributed by atoms with Crippen molar-refractivity contribution in [3.05, 3.63) is 93.6 Å². The van der Waals surface area contributed by atoms with Crippen LogP contribution in [0, 0.1) is 6.92 Å². The number of ketones is 1. The van der Waals surface area contributed by atoms with Gasteiger partial charge in [0.25, 0.3) is 5.91 Å². The third kappa shape index (κ3) is 4.75. The van der Waals surface area contributed by atoms with E-state index in [-0.39, 0.29) is 28.0 Å². The molecular formula is C26H20ClN3O6S2. The normalized spacial score (nSPS) is 15.4. The molecule has 0 aliphatic carbocycles. The van der Waals surface area contributed by atoms with Crippen molar-refractivity contribution in [2.24, 2.45) is 0 Å². The minimum Gasteiger partial charge on any atom is -0.504 e. The van der Waals surface area contributed by atoms with Crippen LogP contribution in [0.5, 0.6) is 11.5 Å². The van der Waals surface area contributed by atoms with Crippen LogP contribution in [0.1, 0.15) is 33.5 Å². The number of hydrogen-bond acceptors (Lipinski definition) is 10. The molecule has 0 radical (unpaired) electrons. The van der Waals surface area contributed by atoms with E-state index in [9.17, 15) is 19.8 Å². The molecule has 1 atom stereocenters. The Bertz CT molecular complexity index is 1580. The average Bonchev–Trinajstić information content (AvgIpc) is 3.62. The van der Waals surface area contributed by atoms with Crippen molar-refractivity contribution in [3.63, 3.8) is 0 Å². The van der Waals surface area contributed by atoms with Gasteiger partial charge in [0.15, 0.2) is 27.4 Å². The Hall–Kier alpha value is -3.80. The summed E-state index contributed by atoms with van der Waals surface area (Å²) >= 11 is 8.78. The summed E-state index contributed by atoms with van der Waals surface area (Å²) < 4.78 is 11.3. The van der Waals surface area contributed by atoms with Crippen molar-refractivity contribution in [3.8, 4) is 11.5 Å². The van der Waals surface area contributed by atoms with Gasteiger partial charge >= 0.3 is 0 Å². The van der Waals surface area contributed by atoms with Crippen molar-refractivity contribution in [2.45, 2.75) is 23.1 Å². The number of Topliss-reactive ketones (excluding diaryl/α,β-unsaturated/α-hetero) is 1. The predicted octanol–water partition coefficient (Wildman–Crippen LogP) is 5.88. The molecule has 0 bridgehead atoms. The maximum absolute atomic E-state index is 13.5. The fourth-order valence-corrected chi connectivity index (χ4v) is 6.17. The first-order chi connectivity index (χ1) is 18.3. The molecule has 1 aliphatic rings. The first-order valence-corrected chi connectivity index (χ1v) is 13.4. The number of halogens is 1. The summed E-state index contributed by atoms with van der Waals surface area (Å²) in [6.07, 6.45) is 0. The van der Waals surface area contributed by atoms with E-state index >= 15 is 0 Å². The monoisotopic (exact) mass is 569 g/mol. The van der Waals surface area contributed by atoms with Crippen LogP contribution in [0.25, 0.3) is 0 Å². The van der Waals surface area contributed by atoms with E-state index < -0.39 is 23.5 Å². The second kappa shape index (κ2) is 10.5. The number of aromatic nitrogens is 2. The second-order valence-electron chi connectivity index (χ2n) is 8.24. The highest BCUT2D eigenvalue weighted by Crippen LogP contribution is 2.45. The molecule has 194 valence electrons. The zero-order valence-corrected chi connectivity index (χ0v) is 22.4. The number of aliphatic hydroxyl groups is 1. The van der Waals surface area contributed by atoms with E-state index in [2.05, 4.69) is 10.2 Å². The van der Waals surface area contributed by atoms with Crippen molar-refractivity contribution in [1.82, 2.24) is 10.2 Å². The van der Waals surface area contributed by atoms with Gasteiger partial charge in [-0.15, -0.1) is 10.2 Å². The molecule has 3 heterocycles. The minimum atomic E-state index is -1.08. The second-order valence-corrected chi connectivity index (χ2v) is 10.8. The Morgan fingerprint density at radius 1 is 1.18 bits per heavy atom. The molecule has 1 unspecified atom stereocenters. The third-order valence-corrected chi connectivity index (χ3v) is 8.32. The van der Waals surface area contributed by atoms with Crippen LogP contribution in [0.2, 0.25) is 5.02 Å². The summed E-state index contributed by atoms with van der Waals surface area (Å²) in [5, 5.41) is 30.2. The number of benzene rings is 2. The Morgan fingerprint density at radius 3 is 2.68 bits per heavy atom. The van der Waals surface area contributed by atoms with Crippen LogP contribution in [0.15, 0.2) is 74.7 Å². The Kier molecular flexibility index (Phi) is 7.15. The quantitative estimate of drug-likeness (QED) is 0.152. The van der Waals surface area contributed by atoms with E-state index in [0.29, 0.717) is 26.4 Å². The van der Waals surface area contributed by atoms with Gasteiger partial charge in [-0.2, -0.15) is 0 Å². The molecule has 9 nitrogen and oxygen atoms in total. The van der Waals surface area contributed by atoms with Gasteiger partial charge in [0.1, 0.15) is 5.76 Å². The molecule has 0 saturated heterocycles. The van der Waals surface area contributed by atoms with E-state index in [1.54, 1.807) is 19.1 Å². The smallest absolute Gasteiger partial charge is 0.296 e. The Labute approximate surface area is 230 Å². The molecule has 0 spiro atoms. The minimum absolute atomic E-state index is 0.0253. The number of phenolic OH excluding ortho intramolecular Hbond substituents is 1. The molecule has 0 saturated carbocycles. The van der Waals surface area contributed by atoms with E-state index in [1.165, 1.54) is 48.0 Å². The highest BCUT2D eigenvalue weighted by Gasteiger charge is 2.47. The van der Waals surface area contributed by atoms with Crippen LogP contribution in [0.4, 0.5) is 5.13 Å². The van der Waals surface area contributed by atoms with Crippen LogP contribution in [0.3, 0.4) is 0 Å². The lowest BCUT2D eigenvalue weighted by Crippen LogP contribution is -2.31. The van der Waals surface area contributed by atoms with Crippen molar-refractivity contribution in [1.29, 1.82) is 0 Å². The highest BCUT2D eigenvalue weighted by atomic mass is 35.5.